The fourth-order valence-corrected chi connectivity index (χ4v) is 2.32. The minimum absolute atomic E-state index is 0.150. The summed E-state index contributed by atoms with van der Waals surface area (Å²) in [5.74, 6) is -1.14. The lowest BCUT2D eigenvalue weighted by molar-refractivity contribution is -0.131. The molecule has 0 saturated carbocycles. The molecule has 20 heavy (non-hydrogen) atoms. The average Bonchev–Trinajstić information content (AvgIpc) is 2.93. The highest BCUT2D eigenvalue weighted by Crippen LogP contribution is 2.19. The Morgan fingerprint density at radius 2 is 2.10 bits per heavy atom. The number of benzene rings is 1. The van der Waals surface area contributed by atoms with Crippen LogP contribution in [-0.2, 0) is 4.79 Å². The van der Waals surface area contributed by atoms with Crippen molar-refractivity contribution in [2.75, 3.05) is 5.32 Å². The van der Waals surface area contributed by atoms with Crippen LogP contribution in [0.25, 0.3) is 6.08 Å². The molecule has 1 aromatic carbocycles. The molecule has 5 heteroatoms. The van der Waals surface area contributed by atoms with Gasteiger partial charge in [-0.05, 0) is 47.7 Å². The van der Waals surface area contributed by atoms with E-state index in [9.17, 15) is 9.59 Å². The molecule has 0 spiro atoms. The molecular weight excluding hydrogens is 274 g/mol. The van der Waals surface area contributed by atoms with Gasteiger partial charge in [0.15, 0.2) is 0 Å². The number of thiophene rings is 1. The van der Waals surface area contributed by atoms with Gasteiger partial charge in [0.05, 0.1) is 5.56 Å². The lowest BCUT2D eigenvalue weighted by Gasteiger charge is -2.08. The van der Waals surface area contributed by atoms with Gasteiger partial charge in [-0.15, -0.1) is 0 Å². The highest BCUT2D eigenvalue weighted by molar-refractivity contribution is 7.08. The van der Waals surface area contributed by atoms with E-state index < -0.39 is 5.97 Å². The molecule has 1 amide bonds. The number of anilines is 1. The van der Waals surface area contributed by atoms with Crippen LogP contribution in [0.15, 0.2) is 41.1 Å². The van der Waals surface area contributed by atoms with Crippen LogP contribution >= 0.6 is 11.3 Å². The van der Waals surface area contributed by atoms with Gasteiger partial charge in [-0.2, -0.15) is 11.3 Å². The monoisotopic (exact) mass is 287 g/mol. The molecule has 0 saturated heterocycles. The van der Waals surface area contributed by atoms with Gasteiger partial charge in [-0.1, -0.05) is 6.07 Å². The number of carbonyl (C=O) groups excluding carboxylic acids is 1. The van der Waals surface area contributed by atoms with E-state index in [1.165, 1.54) is 17.4 Å². The number of carboxylic acid groups (broad SMARTS) is 1. The maximum atomic E-state index is 11.9. The van der Waals surface area contributed by atoms with Crippen molar-refractivity contribution in [2.45, 2.75) is 6.92 Å². The second kappa shape index (κ2) is 6.16. The first-order valence-electron chi connectivity index (χ1n) is 5.91. The summed E-state index contributed by atoms with van der Waals surface area (Å²) in [5, 5.41) is 15.0. The van der Waals surface area contributed by atoms with E-state index in [0.29, 0.717) is 11.3 Å². The predicted octanol–water partition coefficient (Wildman–Crippen LogP) is 3.41. The number of carboxylic acids is 1. The molecule has 1 aromatic heterocycles. The molecule has 0 fully saturated rings. The van der Waals surface area contributed by atoms with Crippen LogP contribution in [0.3, 0.4) is 0 Å². The third kappa shape index (κ3) is 3.55. The SMILES string of the molecule is Cc1cc(C=CC(=O)O)ccc1NC(=O)c1ccsc1. The van der Waals surface area contributed by atoms with E-state index >= 15 is 0 Å². The van der Waals surface area contributed by atoms with Crippen molar-refractivity contribution in [1.82, 2.24) is 0 Å². The Bertz CT molecular complexity index is 660. The van der Waals surface area contributed by atoms with E-state index in [0.717, 1.165) is 17.2 Å². The standard InChI is InChI=1S/C15H13NO3S/c1-10-8-11(3-5-14(17)18)2-4-13(10)16-15(19)12-6-7-20-9-12/h2-9H,1H3,(H,16,19)(H,17,18). The number of carbonyl (C=O) groups is 2. The molecule has 0 aliphatic rings. The Morgan fingerprint density at radius 1 is 1.30 bits per heavy atom. The van der Waals surface area contributed by atoms with Gasteiger partial charge >= 0.3 is 5.97 Å². The van der Waals surface area contributed by atoms with Crippen molar-refractivity contribution in [2.24, 2.45) is 0 Å². The second-order valence-corrected chi connectivity index (χ2v) is 4.99. The molecular formula is C15H13NO3S. The first-order valence-corrected chi connectivity index (χ1v) is 6.86. The Morgan fingerprint density at radius 3 is 2.70 bits per heavy atom. The van der Waals surface area contributed by atoms with Crippen molar-refractivity contribution in [3.8, 4) is 0 Å². The Labute approximate surface area is 120 Å². The molecule has 4 nitrogen and oxygen atoms in total. The van der Waals surface area contributed by atoms with E-state index in [1.807, 2.05) is 18.4 Å². The zero-order chi connectivity index (χ0) is 14.5. The molecule has 0 bridgehead atoms. The average molecular weight is 287 g/mol. The summed E-state index contributed by atoms with van der Waals surface area (Å²) in [6.45, 7) is 1.86. The van der Waals surface area contributed by atoms with Gasteiger partial charge in [-0.25, -0.2) is 4.79 Å². The van der Waals surface area contributed by atoms with Crippen LogP contribution in [0.5, 0.6) is 0 Å². The van der Waals surface area contributed by atoms with Crippen molar-refractivity contribution in [3.63, 3.8) is 0 Å². The largest absolute Gasteiger partial charge is 0.478 e. The maximum absolute atomic E-state index is 11.9. The van der Waals surface area contributed by atoms with Gasteiger partial charge < -0.3 is 10.4 Å². The second-order valence-electron chi connectivity index (χ2n) is 4.21. The van der Waals surface area contributed by atoms with Crippen molar-refractivity contribution >= 4 is 35.0 Å². The zero-order valence-electron chi connectivity index (χ0n) is 10.8. The number of amides is 1. The number of hydrogen-bond donors (Lipinski definition) is 2. The van der Waals surface area contributed by atoms with Gasteiger partial charge in [0.2, 0.25) is 0 Å². The maximum Gasteiger partial charge on any atom is 0.328 e. The molecule has 0 unspecified atom stereocenters. The van der Waals surface area contributed by atoms with Gasteiger partial charge in [0.25, 0.3) is 5.91 Å². The zero-order valence-corrected chi connectivity index (χ0v) is 11.6. The summed E-state index contributed by atoms with van der Waals surface area (Å²) >= 11 is 1.47. The van der Waals surface area contributed by atoms with Crippen LogP contribution < -0.4 is 5.32 Å². The summed E-state index contributed by atoms with van der Waals surface area (Å²) in [4.78, 5) is 22.4. The van der Waals surface area contributed by atoms with E-state index in [4.69, 9.17) is 5.11 Å². The summed E-state index contributed by atoms with van der Waals surface area (Å²) in [6.07, 6.45) is 2.60. The number of aryl methyl sites for hydroxylation is 1. The van der Waals surface area contributed by atoms with E-state index in [2.05, 4.69) is 5.32 Å². The Kier molecular flexibility index (Phi) is 4.32. The van der Waals surface area contributed by atoms with Crippen LogP contribution in [0.1, 0.15) is 21.5 Å². The highest BCUT2D eigenvalue weighted by atomic mass is 32.1. The Hall–Kier alpha value is -2.40. The van der Waals surface area contributed by atoms with Gasteiger partial charge in [0, 0.05) is 17.1 Å². The third-order valence-electron chi connectivity index (χ3n) is 2.70. The summed E-state index contributed by atoms with van der Waals surface area (Å²) in [7, 11) is 0. The van der Waals surface area contributed by atoms with Crippen LogP contribution in [0, 0.1) is 6.92 Å². The fourth-order valence-electron chi connectivity index (χ4n) is 1.69. The molecule has 0 aliphatic heterocycles. The first kappa shape index (κ1) is 14.0. The van der Waals surface area contributed by atoms with Crippen molar-refractivity contribution in [3.05, 3.63) is 57.8 Å². The summed E-state index contributed by atoms with van der Waals surface area (Å²) < 4.78 is 0. The molecule has 2 aromatic rings. The molecule has 0 atom stereocenters. The van der Waals surface area contributed by atoms with E-state index in [-0.39, 0.29) is 5.91 Å². The highest BCUT2D eigenvalue weighted by Gasteiger charge is 2.07. The van der Waals surface area contributed by atoms with Crippen LogP contribution in [0.4, 0.5) is 5.69 Å². The van der Waals surface area contributed by atoms with Crippen molar-refractivity contribution < 1.29 is 14.7 Å². The molecule has 0 aliphatic carbocycles. The number of aliphatic carboxylic acids is 1. The molecule has 2 N–H and O–H groups in total. The molecule has 2 rings (SSSR count). The lowest BCUT2D eigenvalue weighted by Crippen LogP contribution is -2.11. The first-order chi connectivity index (χ1) is 9.56. The number of nitrogens with one attached hydrogen (secondary N) is 1. The minimum atomic E-state index is -0.988. The lowest BCUT2D eigenvalue weighted by atomic mass is 10.1. The van der Waals surface area contributed by atoms with Crippen LogP contribution in [-0.4, -0.2) is 17.0 Å². The Balaban J connectivity index is 2.14. The third-order valence-corrected chi connectivity index (χ3v) is 3.38. The predicted molar refractivity (Wildman–Crippen MR) is 80.1 cm³/mol. The summed E-state index contributed by atoms with van der Waals surface area (Å²) in [5.41, 5.74) is 3.00. The quantitative estimate of drug-likeness (QED) is 0.847. The molecule has 1 heterocycles. The van der Waals surface area contributed by atoms with Crippen molar-refractivity contribution in [1.29, 1.82) is 0 Å². The van der Waals surface area contributed by atoms with Crippen LogP contribution in [0.2, 0.25) is 0 Å². The summed E-state index contributed by atoms with van der Waals surface area (Å²) in [6, 6.07) is 7.11. The molecule has 102 valence electrons. The number of rotatable bonds is 4. The van der Waals surface area contributed by atoms with E-state index in [1.54, 1.807) is 23.6 Å². The van der Waals surface area contributed by atoms with Gasteiger partial charge in [-0.3, -0.25) is 4.79 Å². The topological polar surface area (TPSA) is 66.4 Å². The number of hydrogen-bond acceptors (Lipinski definition) is 3. The normalized spacial score (nSPS) is 10.7. The smallest absolute Gasteiger partial charge is 0.328 e. The molecule has 0 radical (unpaired) electrons. The minimum Gasteiger partial charge on any atom is -0.478 e. The fraction of sp³-hybridized carbons (Fsp3) is 0.0667. The van der Waals surface area contributed by atoms with Gasteiger partial charge in [0.1, 0.15) is 0 Å².